The number of nitro benzene ring substituents is 1. The number of nitro groups is 1. The number of aryl methyl sites for hydroxylation is 1. The highest BCUT2D eigenvalue weighted by Crippen LogP contribution is 2.44. The van der Waals surface area contributed by atoms with Gasteiger partial charge in [0.1, 0.15) is 0 Å². The second-order valence-corrected chi connectivity index (χ2v) is 9.18. The molecule has 2 amide bonds. The third-order valence-corrected chi connectivity index (χ3v) is 7.38. The molecule has 2 fully saturated rings. The third-order valence-electron chi connectivity index (χ3n) is 5.82. The number of carbonyl (C=O) groups excluding carboxylic acids is 2. The number of carbonyl (C=O) groups is 2. The summed E-state index contributed by atoms with van der Waals surface area (Å²) in [6.45, 7) is 3.72. The number of hydrogen-bond acceptors (Lipinski definition) is 5. The zero-order chi connectivity index (χ0) is 21.3. The van der Waals surface area contributed by atoms with Crippen molar-refractivity contribution in [3.63, 3.8) is 0 Å². The highest BCUT2D eigenvalue weighted by molar-refractivity contribution is 8.00. The van der Waals surface area contributed by atoms with Gasteiger partial charge in [-0.1, -0.05) is 23.8 Å². The average Bonchev–Trinajstić information content (AvgIpc) is 3.16. The molecule has 2 aromatic rings. The smallest absolute Gasteiger partial charge is 0.270 e. The third kappa shape index (κ3) is 3.79. The minimum Gasteiger partial charge on any atom is -0.338 e. The standard InChI is InChI=1S/C22H23N3O4S/c1-16-4-2-5-17(14-16)21(27)24-12-13-30-22(24)8-10-23(11-9-22)20(26)18-6-3-7-19(15-18)25(28)29/h2-7,14-15H,8-13H2,1H3. The van der Waals surface area contributed by atoms with Crippen LogP contribution in [0.1, 0.15) is 39.1 Å². The fourth-order valence-electron chi connectivity index (χ4n) is 4.24. The molecular weight excluding hydrogens is 402 g/mol. The SMILES string of the molecule is Cc1cccc(C(=O)N2CCSC23CCN(C(=O)c2cccc([N+](=O)[O-])c2)CC3)c1. The number of benzene rings is 2. The summed E-state index contributed by atoms with van der Waals surface area (Å²) < 4.78 is 0. The second-order valence-electron chi connectivity index (χ2n) is 7.72. The first-order valence-corrected chi connectivity index (χ1v) is 10.9. The summed E-state index contributed by atoms with van der Waals surface area (Å²) in [5, 5.41) is 11.0. The van der Waals surface area contributed by atoms with Gasteiger partial charge >= 0.3 is 0 Å². The van der Waals surface area contributed by atoms with Gasteiger partial charge in [-0.15, -0.1) is 11.8 Å². The normalized spacial score (nSPS) is 17.9. The van der Waals surface area contributed by atoms with E-state index in [9.17, 15) is 19.7 Å². The average molecular weight is 426 g/mol. The van der Waals surface area contributed by atoms with Crippen molar-refractivity contribution in [3.8, 4) is 0 Å². The van der Waals surface area contributed by atoms with E-state index in [1.807, 2.05) is 36.1 Å². The number of non-ortho nitro benzene ring substituents is 1. The van der Waals surface area contributed by atoms with E-state index in [1.165, 1.54) is 18.2 Å². The van der Waals surface area contributed by atoms with Crippen molar-refractivity contribution in [1.29, 1.82) is 0 Å². The number of piperidine rings is 1. The monoisotopic (exact) mass is 425 g/mol. The Morgan fingerprint density at radius 1 is 1.00 bits per heavy atom. The van der Waals surface area contributed by atoms with Crippen LogP contribution < -0.4 is 0 Å². The summed E-state index contributed by atoms with van der Waals surface area (Å²) in [6.07, 6.45) is 1.38. The van der Waals surface area contributed by atoms with Crippen molar-refractivity contribution >= 4 is 29.3 Å². The largest absolute Gasteiger partial charge is 0.338 e. The number of rotatable bonds is 3. The number of nitrogens with zero attached hydrogens (tertiary/aromatic N) is 3. The van der Waals surface area contributed by atoms with Gasteiger partial charge in [0.05, 0.1) is 9.79 Å². The second kappa shape index (κ2) is 8.10. The molecule has 0 aromatic heterocycles. The van der Waals surface area contributed by atoms with Gasteiger partial charge < -0.3 is 9.80 Å². The summed E-state index contributed by atoms with van der Waals surface area (Å²) in [5.41, 5.74) is 1.99. The Morgan fingerprint density at radius 2 is 1.67 bits per heavy atom. The molecule has 1 spiro atoms. The van der Waals surface area contributed by atoms with Crippen molar-refractivity contribution in [2.75, 3.05) is 25.4 Å². The van der Waals surface area contributed by atoms with Crippen LogP contribution in [-0.2, 0) is 0 Å². The quantitative estimate of drug-likeness (QED) is 0.553. The first-order chi connectivity index (χ1) is 14.4. The van der Waals surface area contributed by atoms with E-state index in [-0.39, 0.29) is 22.4 Å². The molecule has 2 aromatic carbocycles. The maximum Gasteiger partial charge on any atom is 0.270 e. The van der Waals surface area contributed by atoms with Crippen LogP contribution in [0.3, 0.4) is 0 Å². The maximum atomic E-state index is 13.2. The highest BCUT2D eigenvalue weighted by atomic mass is 32.2. The number of likely N-dealkylation sites (tertiary alicyclic amines) is 1. The minimum absolute atomic E-state index is 0.0437. The van der Waals surface area contributed by atoms with Crippen molar-refractivity contribution in [2.24, 2.45) is 0 Å². The molecule has 30 heavy (non-hydrogen) atoms. The van der Waals surface area contributed by atoms with E-state index < -0.39 is 4.92 Å². The summed E-state index contributed by atoms with van der Waals surface area (Å²) in [7, 11) is 0. The fourth-order valence-corrected chi connectivity index (χ4v) is 5.69. The van der Waals surface area contributed by atoms with Crippen LogP contribution in [0.15, 0.2) is 48.5 Å². The fraction of sp³-hybridized carbons (Fsp3) is 0.364. The molecular formula is C22H23N3O4S. The molecule has 2 aliphatic rings. The van der Waals surface area contributed by atoms with E-state index in [4.69, 9.17) is 0 Å². The van der Waals surface area contributed by atoms with Gasteiger partial charge in [0.2, 0.25) is 0 Å². The lowest BCUT2D eigenvalue weighted by molar-refractivity contribution is -0.384. The van der Waals surface area contributed by atoms with Crippen molar-refractivity contribution in [1.82, 2.24) is 9.80 Å². The lowest BCUT2D eigenvalue weighted by atomic mass is 9.99. The zero-order valence-electron chi connectivity index (χ0n) is 16.7. The van der Waals surface area contributed by atoms with Crippen LogP contribution >= 0.6 is 11.8 Å². The molecule has 2 aliphatic heterocycles. The molecule has 0 saturated carbocycles. The Bertz CT molecular complexity index is 1000. The topological polar surface area (TPSA) is 83.8 Å². The van der Waals surface area contributed by atoms with Gasteiger partial charge in [-0.3, -0.25) is 19.7 Å². The van der Waals surface area contributed by atoms with Crippen LogP contribution in [0, 0.1) is 17.0 Å². The number of thioether (sulfide) groups is 1. The van der Waals surface area contributed by atoms with Gasteiger partial charge in [0, 0.05) is 48.6 Å². The molecule has 0 atom stereocenters. The molecule has 0 bridgehead atoms. The Balaban J connectivity index is 1.47. The Morgan fingerprint density at radius 3 is 2.33 bits per heavy atom. The molecule has 0 N–H and O–H groups in total. The lowest BCUT2D eigenvalue weighted by Crippen LogP contribution is -2.53. The molecule has 7 nitrogen and oxygen atoms in total. The van der Waals surface area contributed by atoms with Crippen LogP contribution in [0.25, 0.3) is 0 Å². The van der Waals surface area contributed by atoms with E-state index in [0.717, 1.165) is 11.3 Å². The van der Waals surface area contributed by atoms with E-state index in [0.29, 0.717) is 43.6 Å². The van der Waals surface area contributed by atoms with Crippen LogP contribution in [0.2, 0.25) is 0 Å². The van der Waals surface area contributed by atoms with Crippen LogP contribution in [0.5, 0.6) is 0 Å². The molecule has 0 unspecified atom stereocenters. The Kier molecular flexibility index (Phi) is 5.51. The van der Waals surface area contributed by atoms with Crippen LogP contribution in [0.4, 0.5) is 5.69 Å². The van der Waals surface area contributed by atoms with Gasteiger partial charge in [-0.05, 0) is 38.0 Å². The summed E-state index contributed by atoms with van der Waals surface area (Å²) in [6, 6.07) is 13.5. The van der Waals surface area contributed by atoms with E-state index in [1.54, 1.807) is 22.7 Å². The maximum absolute atomic E-state index is 13.2. The minimum atomic E-state index is -0.494. The van der Waals surface area contributed by atoms with Gasteiger partial charge in [-0.2, -0.15) is 0 Å². The van der Waals surface area contributed by atoms with Crippen LogP contribution in [-0.4, -0.2) is 56.8 Å². The van der Waals surface area contributed by atoms with Gasteiger partial charge in [0.15, 0.2) is 0 Å². The molecule has 0 aliphatic carbocycles. The molecule has 156 valence electrons. The zero-order valence-corrected chi connectivity index (χ0v) is 17.6. The molecule has 0 radical (unpaired) electrons. The molecule has 2 saturated heterocycles. The van der Waals surface area contributed by atoms with E-state index in [2.05, 4.69) is 0 Å². The lowest BCUT2D eigenvalue weighted by Gasteiger charge is -2.44. The molecule has 4 rings (SSSR count). The Labute approximate surface area is 179 Å². The van der Waals surface area contributed by atoms with Crippen molar-refractivity contribution in [2.45, 2.75) is 24.6 Å². The highest BCUT2D eigenvalue weighted by Gasteiger charge is 2.47. The predicted octanol–water partition coefficient (Wildman–Crippen LogP) is 3.72. The Hall–Kier alpha value is -2.87. The van der Waals surface area contributed by atoms with Crippen molar-refractivity contribution < 1.29 is 14.5 Å². The molecule has 2 heterocycles. The number of hydrogen-bond donors (Lipinski definition) is 0. The van der Waals surface area contributed by atoms with E-state index >= 15 is 0 Å². The van der Waals surface area contributed by atoms with Crippen molar-refractivity contribution in [3.05, 3.63) is 75.3 Å². The predicted molar refractivity (Wildman–Crippen MR) is 116 cm³/mol. The van der Waals surface area contributed by atoms with Gasteiger partial charge in [0.25, 0.3) is 17.5 Å². The molecule has 8 heteroatoms. The van der Waals surface area contributed by atoms with Gasteiger partial charge in [-0.25, -0.2) is 0 Å². The summed E-state index contributed by atoms with van der Waals surface area (Å²) in [4.78, 5) is 40.0. The summed E-state index contributed by atoms with van der Waals surface area (Å²) >= 11 is 1.79. The first-order valence-electron chi connectivity index (χ1n) is 9.96. The summed E-state index contributed by atoms with van der Waals surface area (Å²) in [5.74, 6) is 0.728. The first kappa shape index (κ1) is 20.4. The number of amides is 2.